The van der Waals surface area contributed by atoms with Gasteiger partial charge in [-0.25, -0.2) is 0 Å². The molecule has 0 aliphatic carbocycles. The number of ether oxygens (including phenoxy) is 3. The Morgan fingerprint density at radius 1 is 1.03 bits per heavy atom. The summed E-state index contributed by atoms with van der Waals surface area (Å²) in [5, 5.41) is 11.7. The zero-order valence-electron chi connectivity index (χ0n) is 17.5. The molecule has 2 aromatic rings. The van der Waals surface area contributed by atoms with Crippen LogP contribution in [0.25, 0.3) is 0 Å². The average Bonchev–Trinajstić information content (AvgIpc) is 2.70. The Balaban J connectivity index is 1.74. The highest BCUT2D eigenvalue weighted by Crippen LogP contribution is 2.28. The first kappa shape index (κ1) is 22.1. The second-order valence-corrected chi connectivity index (χ2v) is 7.47. The van der Waals surface area contributed by atoms with Crippen molar-refractivity contribution in [3.8, 4) is 23.3 Å². The minimum absolute atomic E-state index is 0.101. The maximum absolute atomic E-state index is 12.0. The molecule has 0 aliphatic heterocycles. The number of benzene rings is 2. The molecule has 0 aliphatic rings. The largest absolute Gasteiger partial charge is 0.492 e. The van der Waals surface area contributed by atoms with Crippen LogP contribution in [0.5, 0.6) is 17.2 Å². The average molecular weight is 396 g/mol. The van der Waals surface area contributed by atoms with Crippen LogP contribution in [0, 0.1) is 11.3 Å². The highest BCUT2D eigenvalue weighted by atomic mass is 16.5. The van der Waals surface area contributed by atoms with Crippen LogP contribution in [0.2, 0.25) is 0 Å². The van der Waals surface area contributed by atoms with Crippen LogP contribution in [-0.4, -0.2) is 32.3 Å². The molecule has 1 amide bonds. The minimum Gasteiger partial charge on any atom is -0.492 e. The van der Waals surface area contributed by atoms with Gasteiger partial charge in [0, 0.05) is 6.07 Å². The molecular formula is C23H28N2O4. The van der Waals surface area contributed by atoms with Crippen molar-refractivity contribution in [2.75, 3.05) is 26.4 Å². The quantitative estimate of drug-likeness (QED) is 0.652. The summed E-state index contributed by atoms with van der Waals surface area (Å²) < 4.78 is 16.6. The van der Waals surface area contributed by atoms with E-state index in [-0.39, 0.29) is 17.9 Å². The van der Waals surface area contributed by atoms with E-state index in [9.17, 15) is 4.79 Å². The topological polar surface area (TPSA) is 80.6 Å². The molecule has 154 valence electrons. The summed E-state index contributed by atoms with van der Waals surface area (Å²) in [5.41, 5.74) is 1.81. The van der Waals surface area contributed by atoms with Gasteiger partial charge in [-0.3, -0.25) is 4.79 Å². The Morgan fingerprint density at radius 3 is 2.38 bits per heavy atom. The van der Waals surface area contributed by atoms with Crippen molar-refractivity contribution in [3.63, 3.8) is 0 Å². The predicted molar refractivity (Wildman–Crippen MR) is 111 cm³/mol. The number of hydrogen-bond acceptors (Lipinski definition) is 5. The van der Waals surface area contributed by atoms with Gasteiger partial charge in [0.2, 0.25) is 0 Å². The van der Waals surface area contributed by atoms with E-state index < -0.39 is 0 Å². The van der Waals surface area contributed by atoms with E-state index in [0.717, 1.165) is 5.75 Å². The predicted octanol–water partition coefficient (Wildman–Crippen LogP) is 3.83. The van der Waals surface area contributed by atoms with E-state index in [1.807, 2.05) is 25.1 Å². The van der Waals surface area contributed by atoms with Gasteiger partial charge in [0.15, 0.2) is 18.1 Å². The van der Waals surface area contributed by atoms with E-state index in [4.69, 9.17) is 19.5 Å². The highest BCUT2D eigenvalue weighted by Gasteiger charge is 2.13. The molecule has 0 spiro atoms. The van der Waals surface area contributed by atoms with Crippen LogP contribution in [-0.2, 0) is 10.2 Å². The lowest BCUT2D eigenvalue weighted by Crippen LogP contribution is -2.32. The molecule has 6 nitrogen and oxygen atoms in total. The van der Waals surface area contributed by atoms with Crippen molar-refractivity contribution in [1.82, 2.24) is 5.32 Å². The molecule has 0 saturated carbocycles. The lowest BCUT2D eigenvalue weighted by atomic mass is 9.87. The first-order valence-electron chi connectivity index (χ1n) is 9.63. The fourth-order valence-corrected chi connectivity index (χ4v) is 2.57. The molecule has 2 rings (SSSR count). The van der Waals surface area contributed by atoms with Crippen LogP contribution in [0.3, 0.4) is 0 Å². The van der Waals surface area contributed by atoms with E-state index in [1.165, 1.54) is 5.56 Å². The SMILES string of the molecule is CCOc1cc(C#N)ccc1OCC(=O)NCCOc1ccc(C(C)(C)C)cc1. The number of carbonyl (C=O) groups is 1. The van der Waals surface area contributed by atoms with Gasteiger partial charge in [-0.05, 0) is 42.2 Å². The van der Waals surface area contributed by atoms with Crippen LogP contribution >= 0.6 is 0 Å². The zero-order chi connectivity index (χ0) is 21.3. The van der Waals surface area contributed by atoms with E-state index in [0.29, 0.717) is 36.8 Å². The summed E-state index contributed by atoms with van der Waals surface area (Å²) in [7, 11) is 0. The van der Waals surface area contributed by atoms with Gasteiger partial charge in [-0.2, -0.15) is 5.26 Å². The Bertz CT molecular complexity index is 849. The molecule has 2 aromatic carbocycles. The Morgan fingerprint density at radius 2 is 1.76 bits per heavy atom. The third-order valence-corrected chi connectivity index (χ3v) is 4.14. The Labute approximate surface area is 172 Å². The van der Waals surface area contributed by atoms with Gasteiger partial charge in [-0.15, -0.1) is 0 Å². The van der Waals surface area contributed by atoms with Crippen LogP contribution in [0.4, 0.5) is 0 Å². The van der Waals surface area contributed by atoms with Crippen molar-refractivity contribution in [1.29, 1.82) is 5.26 Å². The normalized spacial score (nSPS) is 10.7. The smallest absolute Gasteiger partial charge is 0.258 e. The molecule has 0 saturated heterocycles. The summed E-state index contributed by atoms with van der Waals surface area (Å²) in [6, 6.07) is 14.9. The van der Waals surface area contributed by atoms with Gasteiger partial charge in [0.05, 0.1) is 24.8 Å². The van der Waals surface area contributed by atoms with Gasteiger partial charge in [0.1, 0.15) is 12.4 Å². The molecule has 0 atom stereocenters. The number of nitrogens with one attached hydrogen (secondary N) is 1. The standard InChI is InChI=1S/C23H28N2O4/c1-5-27-21-14-17(15-24)6-11-20(21)29-16-22(26)25-12-13-28-19-9-7-18(8-10-19)23(2,3)4/h6-11,14H,5,12-13,16H2,1-4H3,(H,25,26). The lowest BCUT2D eigenvalue weighted by Gasteiger charge is -2.19. The van der Waals surface area contributed by atoms with Crippen molar-refractivity contribution in [3.05, 3.63) is 53.6 Å². The molecule has 1 N–H and O–H groups in total. The number of amides is 1. The third-order valence-electron chi connectivity index (χ3n) is 4.14. The first-order chi connectivity index (χ1) is 13.8. The summed E-state index contributed by atoms with van der Waals surface area (Å²) in [6.45, 7) is 9.35. The van der Waals surface area contributed by atoms with E-state index >= 15 is 0 Å². The maximum atomic E-state index is 12.0. The molecule has 0 bridgehead atoms. The Hall–Kier alpha value is -3.20. The maximum Gasteiger partial charge on any atom is 0.258 e. The second-order valence-electron chi connectivity index (χ2n) is 7.47. The molecule has 0 unspecified atom stereocenters. The number of nitrogens with zero attached hydrogens (tertiary/aromatic N) is 1. The fourth-order valence-electron chi connectivity index (χ4n) is 2.57. The highest BCUT2D eigenvalue weighted by molar-refractivity contribution is 5.77. The first-order valence-corrected chi connectivity index (χ1v) is 9.63. The van der Waals surface area contributed by atoms with Crippen molar-refractivity contribution in [2.24, 2.45) is 0 Å². The minimum atomic E-state index is -0.261. The summed E-state index contributed by atoms with van der Waals surface area (Å²) in [5.74, 6) is 1.38. The fraction of sp³-hybridized carbons (Fsp3) is 0.391. The zero-order valence-corrected chi connectivity index (χ0v) is 17.5. The van der Waals surface area contributed by atoms with Crippen LogP contribution in [0.1, 0.15) is 38.8 Å². The van der Waals surface area contributed by atoms with E-state index in [2.05, 4.69) is 38.2 Å². The van der Waals surface area contributed by atoms with E-state index in [1.54, 1.807) is 18.2 Å². The molecule has 0 radical (unpaired) electrons. The van der Waals surface area contributed by atoms with Crippen molar-refractivity contribution in [2.45, 2.75) is 33.1 Å². The lowest BCUT2D eigenvalue weighted by molar-refractivity contribution is -0.123. The Kier molecular flexibility index (Phi) is 7.90. The van der Waals surface area contributed by atoms with Gasteiger partial charge < -0.3 is 19.5 Å². The van der Waals surface area contributed by atoms with Crippen molar-refractivity contribution >= 4 is 5.91 Å². The van der Waals surface area contributed by atoms with Crippen molar-refractivity contribution < 1.29 is 19.0 Å². The third kappa shape index (κ3) is 7.04. The molecular weight excluding hydrogens is 368 g/mol. The van der Waals surface area contributed by atoms with Gasteiger partial charge in [-0.1, -0.05) is 32.9 Å². The number of rotatable bonds is 9. The number of carbonyl (C=O) groups excluding carboxylic acids is 1. The number of hydrogen-bond donors (Lipinski definition) is 1. The molecule has 29 heavy (non-hydrogen) atoms. The molecule has 0 aromatic heterocycles. The van der Waals surface area contributed by atoms with Crippen LogP contribution < -0.4 is 19.5 Å². The van der Waals surface area contributed by atoms with Gasteiger partial charge >= 0.3 is 0 Å². The molecule has 0 heterocycles. The monoisotopic (exact) mass is 396 g/mol. The second kappa shape index (κ2) is 10.4. The summed E-state index contributed by atoms with van der Waals surface area (Å²) in [6.07, 6.45) is 0. The molecule has 6 heteroatoms. The van der Waals surface area contributed by atoms with Gasteiger partial charge in [0.25, 0.3) is 5.91 Å². The number of nitriles is 1. The molecule has 0 fully saturated rings. The summed E-state index contributed by atoms with van der Waals surface area (Å²) >= 11 is 0. The van der Waals surface area contributed by atoms with Crippen LogP contribution in [0.15, 0.2) is 42.5 Å². The summed E-state index contributed by atoms with van der Waals surface area (Å²) in [4.78, 5) is 12.0.